The first-order valence-corrected chi connectivity index (χ1v) is 9.17. The highest BCUT2D eigenvalue weighted by atomic mass is 79.9. The molecule has 0 aromatic heterocycles. The number of hydrogen-bond donors (Lipinski definition) is 1. The van der Waals surface area contributed by atoms with E-state index in [0.29, 0.717) is 0 Å². The van der Waals surface area contributed by atoms with E-state index in [1.807, 2.05) is 43.3 Å². The summed E-state index contributed by atoms with van der Waals surface area (Å²) in [5, 5.41) is 0. The van der Waals surface area contributed by atoms with Crippen LogP contribution in [0, 0.1) is 6.92 Å². The third-order valence-corrected chi connectivity index (χ3v) is 5.22. The van der Waals surface area contributed by atoms with Crippen LogP contribution in [0.4, 0.5) is 0 Å². The van der Waals surface area contributed by atoms with Gasteiger partial charge < -0.3 is 0 Å². The number of rotatable bonds is 5. The Kier molecular flexibility index (Phi) is 5.56. The van der Waals surface area contributed by atoms with Crippen molar-refractivity contribution in [2.75, 3.05) is 0 Å². The molecule has 0 aliphatic carbocycles. The summed E-state index contributed by atoms with van der Waals surface area (Å²) in [7, 11) is -3.50. The second-order valence-corrected chi connectivity index (χ2v) is 7.76. The maximum Gasteiger partial charge on any atom is 0.241 e. The molecule has 22 heavy (non-hydrogen) atoms. The molecule has 0 bridgehead atoms. The lowest BCUT2D eigenvalue weighted by atomic mass is 10.2. The van der Waals surface area contributed by atoms with Gasteiger partial charge in [-0.3, -0.25) is 0 Å². The van der Waals surface area contributed by atoms with Crippen molar-refractivity contribution in [3.05, 3.63) is 70.2 Å². The first-order chi connectivity index (χ1) is 10.4. The maximum absolute atomic E-state index is 12.3. The molecule has 2 aromatic carbocycles. The highest BCUT2D eigenvalue weighted by molar-refractivity contribution is 9.10. The fraction of sp³-hybridized carbons (Fsp3) is 0.176. The number of halogens is 1. The fourth-order valence-corrected chi connectivity index (χ4v) is 3.36. The first-order valence-electron chi connectivity index (χ1n) is 6.89. The normalized spacial score (nSPS) is 13.4. The summed E-state index contributed by atoms with van der Waals surface area (Å²) >= 11 is 3.38. The SMILES string of the molecule is Cc1ccc(S(=O)(=O)NC(C)/C=C/c2ccc(Br)cc2)cc1. The summed E-state index contributed by atoms with van der Waals surface area (Å²) in [6, 6.07) is 14.3. The van der Waals surface area contributed by atoms with Gasteiger partial charge in [-0.2, -0.15) is 0 Å². The van der Waals surface area contributed by atoms with Gasteiger partial charge in [-0.15, -0.1) is 0 Å². The number of hydrogen-bond acceptors (Lipinski definition) is 2. The summed E-state index contributed by atoms with van der Waals surface area (Å²) < 4.78 is 28.2. The summed E-state index contributed by atoms with van der Waals surface area (Å²) in [5.74, 6) is 0. The lowest BCUT2D eigenvalue weighted by molar-refractivity contribution is 0.576. The average molecular weight is 380 g/mol. The number of sulfonamides is 1. The van der Waals surface area contributed by atoms with E-state index < -0.39 is 10.0 Å². The van der Waals surface area contributed by atoms with Crippen LogP contribution >= 0.6 is 15.9 Å². The topological polar surface area (TPSA) is 46.2 Å². The fourth-order valence-electron chi connectivity index (χ4n) is 1.90. The molecular weight excluding hydrogens is 362 g/mol. The third kappa shape index (κ3) is 4.80. The van der Waals surface area contributed by atoms with Gasteiger partial charge in [0.15, 0.2) is 0 Å². The molecule has 0 aliphatic heterocycles. The average Bonchev–Trinajstić information content (AvgIpc) is 2.46. The smallest absolute Gasteiger partial charge is 0.207 e. The zero-order valence-electron chi connectivity index (χ0n) is 12.5. The van der Waals surface area contributed by atoms with E-state index in [4.69, 9.17) is 0 Å². The minimum atomic E-state index is -3.50. The molecule has 0 spiro atoms. The van der Waals surface area contributed by atoms with Gasteiger partial charge in [0.05, 0.1) is 4.90 Å². The molecule has 1 atom stereocenters. The maximum atomic E-state index is 12.3. The minimum absolute atomic E-state index is 0.280. The molecule has 0 fully saturated rings. The van der Waals surface area contributed by atoms with Crippen LogP contribution in [0.15, 0.2) is 64.0 Å². The number of nitrogens with one attached hydrogen (secondary N) is 1. The van der Waals surface area contributed by atoms with E-state index >= 15 is 0 Å². The predicted octanol–water partition coefficient (Wildman–Crippen LogP) is 4.14. The monoisotopic (exact) mass is 379 g/mol. The standard InChI is InChI=1S/C17H18BrNO2S/c1-13-3-11-17(12-4-13)22(20,21)19-14(2)5-6-15-7-9-16(18)10-8-15/h3-12,14,19H,1-2H3/b6-5+. The summed E-state index contributed by atoms with van der Waals surface area (Å²) in [5.41, 5.74) is 2.05. The van der Waals surface area contributed by atoms with Crippen molar-refractivity contribution in [1.29, 1.82) is 0 Å². The lowest BCUT2D eigenvalue weighted by Crippen LogP contribution is -2.31. The first kappa shape index (κ1) is 16.9. The summed E-state index contributed by atoms with van der Waals surface area (Å²) in [6.45, 7) is 3.73. The van der Waals surface area contributed by atoms with Crippen molar-refractivity contribution in [1.82, 2.24) is 4.72 Å². The van der Waals surface area contributed by atoms with E-state index in [1.54, 1.807) is 31.2 Å². The van der Waals surface area contributed by atoms with Crippen molar-refractivity contribution in [2.45, 2.75) is 24.8 Å². The van der Waals surface area contributed by atoms with Crippen LogP contribution in [0.25, 0.3) is 6.08 Å². The molecule has 1 unspecified atom stereocenters. The molecule has 5 heteroatoms. The molecule has 116 valence electrons. The molecule has 3 nitrogen and oxygen atoms in total. The van der Waals surface area contributed by atoms with Crippen molar-refractivity contribution < 1.29 is 8.42 Å². The van der Waals surface area contributed by atoms with Crippen molar-refractivity contribution in [3.63, 3.8) is 0 Å². The number of aryl methyl sites for hydroxylation is 1. The van der Waals surface area contributed by atoms with E-state index in [-0.39, 0.29) is 10.9 Å². The second kappa shape index (κ2) is 7.22. The van der Waals surface area contributed by atoms with Gasteiger partial charge in [0.1, 0.15) is 0 Å². The Morgan fingerprint density at radius 2 is 1.64 bits per heavy atom. The van der Waals surface area contributed by atoms with Crippen molar-refractivity contribution in [2.24, 2.45) is 0 Å². The van der Waals surface area contributed by atoms with E-state index in [2.05, 4.69) is 20.7 Å². The van der Waals surface area contributed by atoms with Crippen LogP contribution < -0.4 is 4.72 Å². The van der Waals surface area contributed by atoms with Crippen molar-refractivity contribution in [3.8, 4) is 0 Å². The van der Waals surface area contributed by atoms with Crippen LogP contribution in [-0.2, 0) is 10.0 Å². The Hall–Kier alpha value is -1.43. The van der Waals surface area contributed by atoms with E-state index in [9.17, 15) is 8.42 Å². The highest BCUT2D eigenvalue weighted by Gasteiger charge is 2.15. The van der Waals surface area contributed by atoms with Gasteiger partial charge in [0, 0.05) is 10.5 Å². The molecule has 0 amide bonds. The van der Waals surface area contributed by atoms with Gasteiger partial charge in [0.2, 0.25) is 10.0 Å². The largest absolute Gasteiger partial charge is 0.241 e. The van der Waals surface area contributed by atoms with Crippen LogP contribution in [0.5, 0.6) is 0 Å². The molecule has 1 N–H and O–H groups in total. The second-order valence-electron chi connectivity index (χ2n) is 5.13. The van der Waals surface area contributed by atoms with Gasteiger partial charge in [-0.1, -0.05) is 57.9 Å². The summed E-state index contributed by atoms with van der Waals surface area (Å²) in [6.07, 6.45) is 3.73. The van der Waals surface area contributed by atoms with Crippen LogP contribution in [-0.4, -0.2) is 14.5 Å². The molecule has 0 heterocycles. The van der Waals surface area contributed by atoms with Gasteiger partial charge in [-0.05, 0) is 43.7 Å². The molecule has 0 aliphatic rings. The third-order valence-electron chi connectivity index (χ3n) is 3.12. The van der Waals surface area contributed by atoms with Crippen LogP contribution in [0.2, 0.25) is 0 Å². The Morgan fingerprint density at radius 1 is 1.05 bits per heavy atom. The van der Waals surface area contributed by atoms with Gasteiger partial charge in [-0.25, -0.2) is 13.1 Å². The highest BCUT2D eigenvalue weighted by Crippen LogP contribution is 2.13. The summed E-state index contributed by atoms with van der Waals surface area (Å²) in [4.78, 5) is 0.280. The van der Waals surface area contributed by atoms with E-state index in [0.717, 1.165) is 15.6 Å². The van der Waals surface area contributed by atoms with Crippen molar-refractivity contribution >= 4 is 32.0 Å². The Morgan fingerprint density at radius 3 is 2.23 bits per heavy atom. The Balaban J connectivity index is 2.05. The Bertz CT molecular complexity index is 750. The quantitative estimate of drug-likeness (QED) is 0.848. The van der Waals surface area contributed by atoms with Crippen LogP contribution in [0.3, 0.4) is 0 Å². The zero-order valence-corrected chi connectivity index (χ0v) is 14.9. The molecule has 0 saturated heterocycles. The molecule has 2 rings (SSSR count). The van der Waals surface area contributed by atoms with Crippen LogP contribution in [0.1, 0.15) is 18.1 Å². The zero-order chi connectivity index (χ0) is 16.2. The molecule has 0 saturated carbocycles. The molecular formula is C17H18BrNO2S. The molecule has 0 radical (unpaired) electrons. The molecule has 2 aromatic rings. The predicted molar refractivity (Wildman–Crippen MR) is 94.1 cm³/mol. The lowest BCUT2D eigenvalue weighted by Gasteiger charge is -2.11. The van der Waals surface area contributed by atoms with Gasteiger partial charge >= 0.3 is 0 Å². The Labute approximate surface area is 140 Å². The number of benzene rings is 2. The minimum Gasteiger partial charge on any atom is -0.207 e. The van der Waals surface area contributed by atoms with Gasteiger partial charge in [0.25, 0.3) is 0 Å². The van der Waals surface area contributed by atoms with E-state index in [1.165, 1.54) is 0 Å².